The molecule has 104 valence electrons. The van der Waals surface area contributed by atoms with E-state index in [1.165, 1.54) is 0 Å². The Kier molecular flexibility index (Phi) is 4.48. The van der Waals surface area contributed by atoms with E-state index in [9.17, 15) is 4.79 Å². The number of nitrogens with zero attached hydrogens (tertiary/aromatic N) is 1. The van der Waals surface area contributed by atoms with Crippen LogP contribution in [0.2, 0.25) is 5.02 Å². The van der Waals surface area contributed by atoms with Crippen molar-refractivity contribution in [3.63, 3.8) is 0 Å². The molecule has 1 aromatic rings. The number of halogens is 1. The molecule has 0 aliphatic carbocycles. The molecule has 1 aromatic carbocycles. The van der Waals surface area contributed by atoms with Crippen LogP contribution >= 0.6 is 11.6 Å². The van der Waals surface area contributed by atoms with Crippen LogP contribution < -0.4 is 10.2 Å². The topological polar surface area (TPSA) is 32.3 Å². The first-order chi connectivity index (χ1) is 8.99. The maximum absolute atomic E-state index is 12.5. The number of benzene rings is 1. The second-order valence-corrected chi connectivity index (χ2v) is 5.85. The largest absolute Gasteiger partial charge is 0.311 e. The lowest BCUT2D eigenvalue weighted by molar-refractivity contribution is -0.121. The van der Waals surface area contributed by atoms with Crippen molar-refractivity contribution in [3.8, 4) is 0 Å². The highest BCUT2D eigenvalue weighted by molar-refractivity contribution is 6.31. The van der Waals surface area contributed by atoms with E-state index in [-0.39, 0.29) is 11.9 Å². The van der Waals surface area contributed by atoms with Crippen LogP contribution in [0.3, 0.4) is 0 Å². The van der Waals surface area contributed by atoms with Gasteiger partial charge in [-0.05, 0) is 37.5 Å². The third-order valence-electron chi connectivity index (χ3n) is 3.44. The van der Waals surface area contributed by atoms with Crippen LogP contribution in [0, 0.1) is 6.92 Å². The first-order valence-corrected chi connectivity index (χ1v) is 7.20. The smallest absolute Gasteiger partial charge is 0.244 e. The zero-order chi connectivity index (χ0) is 14.0. The molecule has 1 amide bonds. The number of anilines is 1. The number of hydrogen-bond donors (Lipinski definition) is 1. The molecule has 1 aliphatic heterocycles. The maximum Gasteiger partial charge on any atom is 0.244 e. The molecule has 1 aliphatic rings. The van der Waals surface area contributed by atoms with E-state index in [1.54, 1.807) is 0 Å². The van der Waals surface area contributed by atoms with E-state index in [4.69, 9.17) is 11.6 Å². The molecule has 2 rings (SSSR count). The molecule has 0 bridgehead atoms. The molecule has 1 N–H and O–H groups in total. The molecule has 0 radical (unpaired) electrons. The van der Waals surface area contributed by atoms with Gasteiger partial charge in [0.1, 0.15) is 0 Å². The lowest BCUT2D eigenvalue weighted by Crippen LogP contribution is -2.52. The molecule has 0 saturated carbocycles. The third kappa shape index (κ3) is 3.28. The number of amides is 1. The van der Waals surface area contributed by atoms with E-state index >= 15 is 0 Å². The number of aryl methyl sites for hydroxylation is 1. The highest BCUT2D eigenvalue weighted by Crippen LogP contribution is 2.26. The van der Waals surface area contributed by atoms with Crippen molar-refractivity contribution < 1.29 is 4.79 Å². The van der Waals surface area contributed by atoms with Crippen LogP contribution in [0.5, 0.6) is 0 Å². The average Bonchev–Trinajstić information content (AvgIpc) is 2.35. The van der Waals surface area contributed by atoms with E-state index in [2.05, 4.69) is 19.2 Å². The summed E-state index contributed by atoms with van der Waals surface area (Å²) in [5.74, 6) is 0.153. The van der Waals surface area contributed by atoms with Gasteiger partial charge in [-0.25, -0.2) is 0 Å². The highest BCUT2D eigenvalue weighted by Gasteiger charge is 2.29. The fourth-order valence-electron chi connectivity index (χ4n) is 2.44. The predicted octanol–water partition coefficient (Wildman–Crippen LogP) is 3.14. The Bertz CT molecular complexity index is 473. The first-order valence-electron chi connectivity index (χ1n) is 6.82. The lowest BCUT2D eigenvalue weighted by Gasteiger charge is -2.33. The Morgan fingerprint density at radius 2 is 2.16 bits per heavy atom. The van der Waals surface area contributed by atoms with E-state index in [0.717, 1.165) is 30.6 Å². The number of rotatable bonds is 3. The summed E-state index contributed by atoms with van der Waals surface area (Å²) in [6, 6.07) is 6.05. The van der Waals surface area contributed by atoms with E-state index in [1.807, 2.05) is 30.0 Å². The third-order valence-corrected chi connectivity index (χ3v) is 3.85. The van der Waals surface area contributed by atoms with Gasteiger partial charge in [0.2, 0.25) is 5.91 Å². The van der Waals surface area contributed by atoms with Gasteiger partial charge in [0.25, 0.3) is 0 Å². The summed E-state index contributed by atoms with van der Waals surface area (Å²) in [7, 11) is 0. The first kappa shape index (κ1) is 14.4. The zero-order valence-corrected chi connectivity index (χ0v) is 12.5. The van der Waals surface area contributed by atoms with Crippen LogP contribution in [-0.4, -0.2) is 24.5 Å². The maximum atomic E-state index is 12.5. The SMILES string of the molecule is Cc1ccc(N2CCCC(NC(C)C)C2=O)cc1Cl. The van der Waals surface area contributed by atoms with Crippen molar-refractivity contribution in [3.05, 3.63) is 28.8 Å². The molecule has 1 heterocycles. The molecular weight excluding hydrogens is 260 g/mol. The Balaban J connectivity index is 2.19. The van der Waals surface area contributed by atoms with E-state index in [0.29, 0.717) is 11.1 Å². The van der Waals surface area contributed by atoms with Crippen molar-refractivity contribution in [2.45, 2.75) is 45.7 Å². The molecular formula is C15H21ClN2O. The molecule has 0 spiro atoms. The van der Waals surface area contributed by atoms with Gasteiger partial charge in [0.15, 0.2) is 0 Å². The van der Waals surface area contributed by atoms with Gasteiger partial charge < -0.3 is 10.2 Å². The van der Waals surface area contributed by atoms with Gasteiger partial charge in [-0.15, -0.1) is 0 Å². The fraction of sp³-hybridized carbons (Fsp3) is 0.533. The van der Waals surface area contributed by atoms with Gasteiger partial charge in [0.05, 0.1) is 6.04 Å². The molecule has 19 heavy (non-hydrogen) atoms. The summed E-state index contributed by atoms with van der Waals surface area (Å²) in [6.45, 7) is 6.87. The van der Waals surface area contributed by atoms with Crippen LogP contribution in [0.4, 0.5) is 5.69 Å². The number of hydrogen-bond acceptors (Lipinski definition) is 2. The number of carbonyl (C=O) groups is 1. The molecule has 0 aromatic heterocycles. The standard InChI is InChI=1S/C15H21ClN2O/c1-10(2)17-14-5-4-8-18(15(14)19)12-7-6-11(3)13(16)9-12/h6-7,9-10,14,17H,4-5,8H2,1-3H3. The zero-order valence-electron chi connectivity index (χ0n) is 11.7. The van der Waals surface area contributed by atoms with Crippen LogP contribution in [-0.2, 0) is 4.79 Å². The van der Waals surface area contributed by atoms with Crippen LogP contribution in [0.25, 0.3) is 0 Å². The number of carbonyl (C=O) groups excluding carboxylic acids is 1. The summed E-state index contributed by atoms with van der Waals surface area (Å²) >= 11 is 6.15. The molecule has 1 fully saturated rings. The van der Waals surface area contributed by atoms with Gasteiger partial charge in [-0.3, -0.25) is 4.79 Å². The second-order valence-electron chi connectivity index (χ2n) is 5.44. The minimum atomic E-state index is -0.0752. The number of piperidine rings is 1. The monoisotopic (exact) mass is 280 g/mol. The quantitative estimate of drug-likeness (QED) is 0.922. The van der Waals surface area contributed by atoms with Gasteiger partial charge in [0, 0.05) is 23.3 Å². The van der Waals surface area contributed by atoms with Crippen molar-refractivity contribution >= 4 is 23.2 Å². The summed E-state index contributed by atoms with van der Waals surface area (Å²) in [5.41, 5.74) is 1.93. The summed E-state index contributed by atoms with van der Waals surface area (Å²) in [6.07, 6.45) is 1.93. The predicted molar refractivity (Wildman–Crippen MR) is 79.8 cm³/mol. The summed E-state index contributed by atoms with van der Waals surface area (Å²) in [5, 5.41) is 4.05. The van der Waals surface area contributed by atoms with Crippen LogP contribution in [0.15, 0.2) is 18.2 Å². The highest BCUT2D eigenvalue weighted by atomic mass is 35.5. The minimum absolute atomic E-state index is 0.0752. The Hall–Kier alpha value is -1.06. The van der Waals surface area contributed by atoms with Crippen molar-refractivity contribution in [1.82, 2.24) is 5.32 Å². The Labute approximate surface area is 119 Å². The van der Waals surface area contributed by atoms with Crippen molar-refractivity contribution in [2.24, 2.45) is 0 Å². The fourth-order valence-corrected chi connectivity index (χ4v) is 2.61. The molecule has 4 heteroatoms. The van der Waals surface area contributed by atoms with Crippen molar-refractivity contribution in [1.29, 1.82) is 0 Å². The lowest BCUT2D eigenvalue weighted by atomic mass is 10.0. The molecule has 1 atom stereocenters. The molecule has 1 unspecified atom stereocenters. The van der Waals surface area contributed by atoms with Crippen LogP contribution in [0.1, 0.15) is 32.3 Å². The number of nitrogens with one attached hydrogen (secondary N) is 1. The van der Waals surface area contributed by atoms with E-state index < -0.39 is 0 Å². The second kappa shape index (κ2) is 5.93. The van der Waals surface area contributed by atoms with Crippen molar-refractivity contribution in [2.75, 3.05) is 11.4 Å². The minimum Gasteiger partial charge on any atom is -0.311 e. The Morgan fingerprint density at radius 3 is 2.79 bits per heavy atom. The Morgan fingerprint density at radius 1 is 1.42 bits per heavy atom. The van der Waals surface area contributed by atoms with Gasteiger partial charge >= 0.3 is 0 Å². The molecule has 1 saturated heterocycles. The average molecular weight is 281 g/mol. The molecule has 3 nitrogen and oxygen atoms in total. The normalized spacial score (nSPS) is 20.2. The van der Waals surface area contributed by atoms with Gasteiger partial charge in [-0.1, -0.05) is 31.5 Å². The van der Waals surface area contributed by atoms with Gasteiger partial charge in [-0.2, -0.15) is 0 Å². The summed E-state index contributed by atoms with van der Waals surface area (Å²) < 4.78 is 0. The summed E-state index contributed by atoms with van der Waals surface area (Å²) in [4.78, 5) is 14.3.